The van der Waals surface area contributed by atoms with Gasteiger partial charge in [0.2, 0.25) is 0 Å². The van der Waals surface area contributed by atoms with Gasteiger partial charge in [-0.1, -0.05) is 0 Å². The van der Waals surface area contributed by atoms with Crippen LogP contribution in [0.2, 0.25) is 0 Å². The van der Waals surface area contributed by atoms with Crippen molar-refractivity contribution in [3.8, 4) is 0 Å². The van der Waals surface area contributed by atoms with E-state index in [1.807, 2.05) is 6.92 Å². The third kappa shape index (κ3) is 0.804. The normalized spacial score (nSPS) is 17.6. The molecule has 0 aromatic heterocycles. The Morgan fingerprint density at radius 1 is 1.88 bits per heavy atom. The summed E-state index contributed by atoms with van der Waals surface area (Å²) in [5.41, 5.74) is 1.10. The van der Waals surface area contributed by atoms with Gasteiger partial charge in [-0.2, -0.15) is 0 Å². The van der Waals surface area contributed by atoms with E-state index in [-0.39, 0.29) is 0 Å². The molecule has 1 aliphatic heterocycles. The second-order valence-electron chi connectivity index (χ2n) is 1.76. The highest BCUT2D eigenvalue weighted by Gasteiger charge is 2.01. The number of hydrogen-bond donors (Lipinski definition) is 0. The molecule has 42 valence electrons. The van der Waals surface area contributed by atoms with E-state index in [0.717, 1.165) is 5.57 Å². The molecule has 1 aliphatic rings. The second kappa shape index (κ2) is 1.86. The van der Waals surface area contributed by atoms with Crippen molar-refractivity contribution in [1.82, 2.24) is 0 Å². The maximum Gasteiger partial charge on any atom is 0.192 e. The first kappa shape index (κ1) is 5.15. The van der Waals surface area contributed by atoms with Crippen molar-refractivity contribution in [1.29, 1.82) is 0 Å². The van der Waals surface area contributed by atoms with Crippen molar-refractivity contribution in [2.75, 3.05) is 6.54 Å². The Morgan fingerprint density at radius 2 is 2.62 bits per heavy atom. The molecule has 3 heteroatoms. The first-order valence-electron chi connectivity index (χ1n) is 2.38. The van der Waals surface area contributed by atoms with Crippen LogP contribution in [-0.4, -0.2) is 12.4 Å². The molecule has 0 radical (unpaired) electrons. The number of amidine groups is 1. The fourth-order valence-electron chi connectivity index (χ4n) is 0.573. The van der Waals surface area contributed by atoms with Gasteiger partial charge in [0.05, 0.1) is 6.54 Å². The van der Waals surface area contributed by atoms with Crippen LogP contribution in [0.15, 0.2) is 21.8 Å². The van der Waals surface area contributed by atoms with Crippen molar-refractivity contribution in [2.45, 2.75) is 6.92 Å². The Kier molecular flexibility index (Phi) is 1.20. The minimum atomic E-state index is 0.322. The zero-order chi connectivity index (χ0) is 5.98. The van der Waals surface area contributed by atoms with Gasteiger partial charge in [0.1, 0.15) is 0 Å². The van der Waals surface area contributed by atoms with Crippen molar-refractivity contribution in [3.05, 3.63) is 16.6 Å². The molecule has 0 unspecified atom stereocenters. The summed E-state index contributed by atoms with van der Waals surface area (Å²) in [6, 6.07) is 0. The number of nitroso groups, excluding NO2 is 1. The lowest BCUT2D eigenvalue weighted by Gasteiger charge is -1.77. The summed E-state index contributed by atoms with van der Waals surface area (Å²) in [4.78, 5) is 13.5. The van der Waals surface area contributed by atoms with E-state index >= 15 is 0 Å². The molecular weight excluding hydrogens is 104 g/mol. The van der Waals surface area contributed by atoms with Gasteiger partial charge in [-0.3, -0.25) is 4.99 Å². The standard InChI is InChI=1S/C5H6N2O/c1-4-2-5(7-8)6-3-4/h2H,3H2,1H3. The minimum absolute atomic E-state index is 0.322. The van der Waals surface area contributed by atoms with Crippen molar-refractivity contribution >= 4 is 5.84 Å². The summed E-state index contributed by atoms with van der Waals surface area (Å²) in [5, 5.41) is 2.66. The van der Waals surface area contributed by atoms with Crippen molar-refractivity contribution in [3.63, 3.8) is 0 Å². The topological polar surface area (TPSA) is 41.8 Å². The average molecular weight is 110 g/mol. The van der Waals surface area contributed by atoms with Crippen LogP contribution in [0.3, 0.4) is 0 Å². The molecule has 1 heterocycles. The summed E-state index contributed by atoms with van der Waals surface area (Å²) in [7, 11) is 0. The summed E-state index contributed by atoms with van der Waals surface area (Å²) >= 11 is 0. The highest BCUT2D eigenvalue weighted by Crippen LogP contribution is 2.03. The largest absolute Gasteiger partial charge is 0.259 e. The van der Waals surface area contributed by atoms with E-state index in [2.05, 4.69) is 10.2 Å². The maximum atomic E-state index is 9.73. The molecule has 0 aliphatic carbocycles. The molecule has 0 aromatic rings. The molecule has 0 fully saturated rings. The quantitative estimate of drug-likeness (QED) is 0.430. The molecule has 0 amide bonds. The van der Waals surface area contributed by atoms with Gasteiger partial charge < -0.3 is 0 Å². The highest BCUT2D eigenvalue weighted by atomic mass is 16.3. The third-order valence-corrected chi connectivity index (χ3v) is 0.959. The smallest absolute Gasteiger partial charge is 0.192 e. The zero-order valence-corrected chi connectivity index (χ0v) is 4.59. The van der Waals surface area contributed by atoms with E-state index in [0.29, 0.717) is 12.4 Å². The lowest BCUT2D eigenvalue weighted by molar-refractivity contribution is 1.17. The van der Waals surface area contributed by atoms with Gasteiger partial charge in [0, 0.05) is 0 Å². The van der Waals surface area contributed by atoms with Crippen LogP contribution in [0, 0.1) is 4.91 Å². The lowest BCUT2D eigenvalue weighted by atomic mass is 10.3. The molecule has 0 N–H and O–H groups in total. The van der Waals surface area contributed by atoms with Crippen LogP contribution in [0.5, 0.6) is 0 Å². The van der Waals surface area contributed by atoms with Gasteiger partial charge in [0.15, 0.2) is 5.84 Å². The summed E-state index contributed by atoms with van der Waals surface area (Å²) in [5.74, 6) is 0.322. The Hall–Kier alpha value is -0.990. The Labute approximate surface area is 47.1 Å². The summed E-state index contributed by atoms with van der Waals surface area (Å²) < 4.78 is 0. The van der Waals surface area contributed by atoms with Crippen molar-refractivity contribution < 1.29 is 0 Å². The maximum absolute atomic E-state index is 9.73. The molecule has 0 atom stereocenters. The number of hydrogen-bond acceptors (Lipinski definition) is 3. The number of aliphatic imine (C=N–C) groups is 1. The second-order valence-corrected chi connectivity index (χ2v) is 1.76. The van der Waals surface area contributed by atoms with Crippen LogP contribution in [0.4, 0.5) is 0 Å². The fourth-order valence-corrected chi connectivity index (χ4v) is 0.573. The van der Waals surface area contributed by atoms with Crippen LogP contribution >= 0.6 is 0 Å². The predicted octanol–water partition coefficient (Wildman–Crippen LogP) is 1.11. The van der Waals surface area contributed by atoms with E-state index in [4.69, 9.17) is 0 Å². The van der Waals surface area contributed by atoms with E-state index in [9.17, 15) is 4.91 Å². The molecule has 0 saturated heterocycles. The average Bonchev–Trinajstić information content (AvgIpc) is 2.14. The Morgan fingerprint density at radius 3 is 2.88 bits per heavy atom. The Bertz CT molecular complexity index is 169. The van der Waals surface area contributed by atoms with Crippen LogP contribution in [0.1, 0.15) is 6.92 Å². The molecule has 3 nitrogen and oxygen atoms in total. The van der Waals surface area contributed by atoms with Crippen LogP contribution in [0.25, 0.3) is 0 Å². The third-order valence-electron chi connectivity index (χ3n) is 0.959. The minimum Gasteiger partial charge on any atom is -0.259 e. The Balaban J connectivity index is 2.72. The SMILES string of the molecule is CC1=CC(N=O)=NC1. The first-order chi connectivity index (χ1) is 3.83. The van der Waals surface area contributed by atoms with E-state index in [1.165, 1.54) is 0 Å². The monoisotopic (exact) mass is 110 g/mol. The van der Waals surface area contributed by atoms with Gasteiger partial charge in [-0.15, -0.1) is 4.91 Å². The molecule has 8 heavy (non-hydrogen) atoms. The van der Waals surface area contributed by atoms with E-state index < -0.39 is 0 Å². The van der Waals surface area contributed by atoms with E-state index in [1.54, 1.807) is 6.08 Å². The zero-order valence-electron chi connectivity index (χ0n) is 4.59. The molecule has 0 aromatic carbocycles. The van der Waals surface area contributed by atoms with Crippen LogP contribution < -0.4 is 0 Å². The predicted molar refractivity (Wildman–Crippen MR) is 31.9 cm³/mol. The fraction of sp³-hybridized carbons (Fsp3) is 0.400. The molecular formula is C5H6N2O. The van der Waals surface area contributed by atoms with Crippen molar-refractivity contribution in [2.24, 2.45) is 10.2 Å². The van der Waals surface area contributed by atoms with Gasteiger partial charge >= 0.3 is 0 Å². The van der Waals surface area contributed by atoms with Gasteiger partial charge in [-0.05, 0) is 23.7 Å². The molecule has 0 saturated carbocycles. The summed E-state index contributed by atoms with van der Waals surface area (Å²) in [6.07, 6.45) is 1.69. The number of rotatable bonds is 0. The molecule has 1 rings (SSSR count). The first-order valence-corrected chi connectivity index (χ1v) is 2.38. The number of nitrogens with zero attached hydrogens (tertiary/aromatic N) is 2. The molecule has 0 spiro atoms. The van der Waals surface area contributed by atoms with Crippen LogP contribution in [-0.2, 0) is 0 Å². The highest BCUT2D eigenvalue weighted by molar-refractivity contribution is 5.95. The van der Waals surface area contributed by atoms with Gasteiger partial charge in [-0.25, -0.2) is 0 Å². The van der Waals surface area contributed by atoms with Gasteiger partial charge in [0.25, 0.3) is 0 Å². The lowest BCUT2D eigenvalue weighted by Crippen LogP contribution is -1.77. The molecule has 0 bridgehead atoms. The summed E-state index contributed by atoms with van der Waals surface area (Å²) in [6.45, 7) is 2.56.